The summed E-state index contributed by atoms with van der Waals surface area (Å²) < 4.78 is 5.28. The van der Waals surface area contributed by atoms with Crippen molar-refractivity contribution in [2.45, 2.75) is 12.8 Å². The van der Waals surface area contributed by atoms with Crippen molar-refractivity contribution in [1.82, 2.24) is 0 Å². The van der Waals surface area contributed by atoms with Crippen molar-refractivity contribution in [3.8, 4) is 0 Å². The molecule has 0 spiro atoms. The third kappa shape index (κ3) is 1.11. The Labute approximate surface area is 72.0 Å². The average molecular weight is 159 g/mol. The van der Waals surface area contributed by atoms with Gasteiger partial charge < -0.3 is 4.42 Å². The molecule has 0 aliphatic rings. The van der Waals surface area contributed by atoms with Crippen molar-refractivity contribution in [2.24, 2.45) is 0 Å². The smallest absolute Gasteiger partial charge is 0.134 e. The van der Waals surface area contributed by atoms with Gasteiger partial charge in [0.2, 0.25) is 0 Å². The van der Waals surface area contributed by atoms with Gasteiger partial charge in [-0.25, -0.2) is 0 Å². The molecule has 1 nitrogen and oxygen atoms in total. The molecule has 12 heavy (non-hydrogen) atoms. The Kier molecular flexibility index (Phi) is 1.86. The highest BCUT2D eigenvalue weighted by Crippen LogP contribution is 2.20. The van der Waals surface area contributed by atoms with Crippen molar-refractivity contribution in [2.75, 3.05) is 0 Å². The lowest BCUT2D eigenvalue weighted by Gasteiger charge is -1.98. The van der Waals surface area contributed by atoms with Gasteiger partial charge in [0.05, 0.1) is 6.26 Å². The van der Waals surface area contributed by atoms with Gasteiger partial charge in [-0.3, -0.25) is 0 Å². The van der Waals surface area contributed by atoms with Gasteiger partial charge in [-0.1, -0.05) is 19.1 Å². The third-order valence-corrected chi connectivity index (χ3v) is 2.03. The quantitative estimate of drug-likeness (QED) is 0.655. The van der Waals surface area contributed by atoms with Gasteiger partial charge in [0.15, 0.2) is 0 Å². The van der Waals surface area contributed by atoms with Crippen LogP contribution in [-0.4, -0.2) is 0 Å². The van der Waals surface area contributed by atoms with Crippen LogP contribution in [0.3, 0.4) is 0 Å². The maximum Gasteiger partial charge on any atom is 0.134 e. The van der Waals surface area contributed by atoms with Crippen LogP contribution in [0.15, 0.2) is 34.9 Å². The molecule has 0 fully saturated rings. The molecule has 0 saturated carbocycles. The van der Waals surface area contributed by atoms with E-state index in [1.54, 1.807) is 6.26 Å². The van der Waals surface area contributed by atoms with Gasteiger partial charge in [-0.2, -0.15) is 0 Å². The van der Waals surface area contributed by atoms with E-state index in [0.717, 1.165) is 18.4 Å². The molecule has 0 N–H and O–H groups in total. The van der Waals surface area contributed by atoms with E-state index < -0.39 is 0 Å². The first-order chi connectivity index (χ1) is 5.92. The normalized spacial score (nSPS) is 10.8. The van der Waals surface area contributed by atoms with E-state index in [-0.39, 0.29) is 0 Å². The minimum atomic E-state index is 0.935. The van der Waals surface area contributed by atoms with Gasteiger partial charge in [0.25, 0.3) is 0 Å². The highest BCUT2D eigenvalue weighted by Gasteiger charge is 2.00. The number of rotatable bonds is 2. The van der Waals surface area contributed by atoms with Crippen molar-refractivity contribution in [3.05, 3.63) is 43.0 Å². The Bertz CT molecular complexity index is 373. The Morgan fingerprint density at radius 3 is 3.00 bits per heavy atom. The number of hydrogen-bond acceptors (Lipinski definition) is 1. The largest absolute Gasteiger partial charge is 0.464 e. The molecular weight excluding hydrogens is 148 g/mol. The Morgan fingerprint density at radius 1 is 1.25 bits per heavy atom. The van der Waals surface area contributed by atoms with Gasteiger partial charge in [0.1, 0.15) is 5.58 Å². The van der Waals surface area contributed by atoms with E-state index >= 15 is 0 Å². The second-order valence-electron chi connectivity index (χ2n) is 2.85. The van der Waals surface area contributed by atoms with Crippen LogP contribution in [0.5, 0.6) is 0 Å². The third-order valence-electron chi connectivity index (χ3n) is 2.03. The molecule has 1 radical (unpaired) electrons. The summed E-state index contributed by atoms with van der Waals surface area (Å²) in [5.41, 5.74) is 2.30. The highest BCUT2D eigenvalue weighted by atomic mass is 16.3. The summed E-state index contributed by atoms with van der Waals surface area (Å²) in [6, 6.07) is 8.15. The summed E-state index contributed by atoms with van der Waals surface area (Å²) in [7, 11) is 0. The number of hydrogen-bond donors (Lipinski definition) is 0. The van der Waals surface area contributed by atoms with Crippen molar-refractivity contribution >= 4 is 11.0 Å². The predicted octanol–water partition coefficient (Wildman–Crippen LogP) is 3.20. The fourth-order valence-electron chi connectivity index (χ4n) is 1.47. The van der Waals surface area contributed by atoms with Gasteiger partial charge in [-0.05, 0) is 30.5 Å². The van der Waals surface area contributed by atoms with Crippen molar-refractivity contribution in [1.29, 1.82) is 0 Å². The molecule has 1 aromatic carbocycles. The fraction of sp³-hybridized carbons (Fsp3) is 0.182. The Balaban J connectivity index is 2.57. The summed E-state index contributed by atoms with van der Waals surface area (Å²) >= 11 is 0. The molecule has 1 aromatic heterocycles. The van der Waals surface area contributed by atoms with E-state index in [1.807, 2.05) is 18.2 Å². The van der Waals surface area contributed by atoms with Gasteiger partial charge in [0, 0.05) is 5.39 Å². The zero-order valence-corrected chi connectivity index (χ0v) is 6.92. The van der Waals surface area contributed by atoms with Crippen LogP contribution in [0.4, 0.5) is 0 Å². The lowest BCUT2D eigenvalue weighted by molar-refractivity contribution is 0.615. The van der Waals surface area contributed by atoms with Crippen LogP contribution in [0, 0.1) is 6.92 Å². The predicted molar refractivity (Wildman–Crippen MR) is 49.9 cm³/mol. The molecule has 0 bridgehead atoms. The maximum absolute atomic E-state index is 5.28. The monoisotopic (exact) mass is 159 g/mol. The summed E-state index contributed by atoms with van der Waals surface area (Å²) in [5, 5.41) is 1.22. The molecule has 1 heterocycles. The SMILES string of the molecule is [CH2]CCc1cccc2occc12. The maximum atomic E-state index is 5.28. The highest BCUT2D eigenvalue weighted by molar-refractivity contribution is 5.80. The van der Waals surface area contributed by atoms with Crippen LogP contribution in [0.2, 0.25) is 0 Å². The second-order valence-corrected chi connectivity index (χ2v) is 2.85. The summed E-state index contributed by atoms with van der Waals surface area (Å²) in [6.07, 6.45) is 3.69. The first kappa shape index (κ1) is 7.41. The molecule has 0 amide bonds. The van der Waals surface area contributed by atoms with Gasteiger partial charge >= 0.3 is 0 Å². The topological polar surface area (TPSA) is 13.1 Å². The second kappa shape index (κ2) is 3.02. The minimum Gasteiger partial charge on any atom is -0.464 e. The number of fused-ring (bicyclic) bond motifs is 1. The van der Waals surface area contributed by atoms with Crippen molar-refractivity contribution < 1.29 is 4.42 Å². The number of furan rings is 1. The van der Waals surface area contributed by atoms with E-state index in [0.29, 0.717) is 0 Å². The number of benzene rings is 1. The Hall–Kier alpha value is -1.24. The molecular formula is C11H11O. The zero-order valence-electron chi connectivity index (χ0n) is 6.92. The van der Waals surface area contributed by atoms with E-state index in [2.05, 4.69) is 13.0 Å². The molecule has 0 aliphatic heterocycles. The first-order valence-corrected chi connectivity index (χ1v) is 4.16. The first-order valence-electron chi connectivity index (χ1n) is 4.16. The van der Waals surface area contributed by atoms with E-state index in [1.165, 1.54) is 10.9 Å². The molecule has 1 heteroatoms. The van der Waals surface area contributed by atoms with E-state index in [4.69, 9.17) is 4.42 Å². The lowest BCUT2D eigenvalue weighted by Crippen LogP contribution is -1.82. The standard InChI is InChI=1S/C11H11O/c1-2-4-9-5-3-6-11-10(9)7-8-12-11/h3,5-8H,1-2,4H2. The van der Waals surface area contributed by atoms with Crippen LogP contribution in [0.1, 0.15) is 12.0 Å². The lowest BCUT2D eigenvalue weighted by atomic mass is 10.1. The van der Waals surface area contributed by atoms with Gasteiger partial charge in [-0.15, -0.1) is 0 Å². The molecule has 0 unspecified atom stereocenters. The average Bonchev–Trinajstić information content (AvgIpc) is 2.53. The van der Waals surface area contributed by atoms with Crippen molar-refractivity contribution in [3.63, 3.8) is 0 Å². The molecule has 0 saturated heterocycles. The molecule has 2 rings (SSSR count). The van der Waals surface area contributed by atoms with Crippen LogP contribution in [-0.2, 0) is 6.42 Å². The molecule has 0 atom stereocenters. The molecule has 2 aromatic rings. The Morgan fingerprint density at radius 2 is 2.17 bits per heavy atom. The summed E-state index contributed by atoms with van der Waals surface area (Å²) in [4.78, 5) is 0. The minimum absolute atomic E-state index is 0.935. The fourth-order valence-corrected chi connectivity index (χ4v) is 1.47. The van der Waals surface area contributed by atoms with Crippen LogP contribution < -0.4 is 0 Å². The zero-order chi connectivity index (χ0) is 8.39. The number of aryl methyl sites for hydroxylation is 1. The molecule has 61 valence electrons. The summed E-state index contributed by atoms with van der Waals surface area (Å²) in [6.45, 7) is 3.84. The summed E-state index contributed by atoms with van der Waals surface area (Å²) in [5.74, 6) is 0. The molecule has 0 aliphatic carbocycles. The van der Waals surface area contributed by atoms with E-state index in [9.17, 15) is 0 Å². The van der Waals surface area contributed by atoms with Crippen LogP contribution >= 0.6 is 0 Å². The van der Waals surface area contributed by atoms with Crippen LogP contribution in [0.25, 0.3) is 11.0 Å².